The van der Waals surface area contributed by atoms with Gasteiger partial charge in [0, 0.05) is 18.7 Å². The van der Waals surface area contributed by atoms with Gasteiger partial charge >= 0.3 is 0 Å². The topological polar surface area (TPSA) is 90.9 Å². The molecule has 3 heterocycles. The monoisotopic (exact) mass is 350 g/mol. The van der Waals surface area contributed by atoms with Gasteiger partial charge in [0.05, 0.1) is 12.0 Å². The van der Waals surface area contributed by atoms with Gasteiger partial charge in [0.2, 0.25) is 5.95 Å². The molecule has 130 valence electrons. The van der Waals surface area contributed by atoms with Crippen molar-refractivity contribution in [3.8, 4) is 0 Å². The molecule has 1 aromatic carbocycles. The number of nitrogens with one attached hydrogen (secondary N) is 1. The van der Waals surface area contributed by atoms with Gasteiger partial charge in [-0.05, 0) is 12.8 Å². The van der Waals surface area contributed by atoms with Crippen molar-refractivity contribution in [1.29, 1.82) is 0 Å². The predicted molar refractivity (Wildman–Crippen MR) is 83.6 cm³/mol. The second-order valence-corrected chi connectivity index (χ2v) is 5.59. The zero-order valence-corrected chi connectivity index (χ0v) is 12.8. The Morgan fingerprint density at radius 1 is 1.16 bits per heavy atom. The van der Waals surface area contributed by atoms with E-state index in [0.29, 0.717) is 29.9 Å². The number of imidazole rings is 1. The Labute approximate surface area is 139 Å². The van der Waals surface area contributed by atoms with Crippen LogP contribution in [-0.2, 0) is 4.74 Å². The molecule has 0 spiro atoms. The van der Waals surface area contributed by atoms with Gasteiger partial charge in [0.25, 0.3) is 0 Å². The minimum atomic E-state index is -1.28. The number of hydrogen-bond acceptors (Lipinski definition) is 6. The lowest BCUT2D eigenvalue weighted by atomic mass is 10.2. The minimum absolute atomic E-state index is 0.0715. The van der Waals surface area contributed by atoms with Gasteiger partial charge in [0.1, 0.15) is 12.0 Å². The van der Waals surface area contributed by atoms with Crippen molar-refractivity contribution >= 4 is 28.6 Å². The first kappa shape index (κ1) is 15.6. The van der Waals surface area contributed by atoms with Gasteiger partial charge in [-0.3, -0.25) is 4.57 Å². The third kappa shape index (κ3) is 2.74. The lowest BCUT2D eigenvalue weighted by Crippen LogP contribution is -2.08. The molecule has 1 fully saturated rings. The molecule has 1 atom stereocenters. The van der Waals surface area contributed by atoms with Gasteiger partial charge < -0.3 is 15.8 Å². The highest BCUT2D eigenvalue weighted by Crippen LogP contribution is 2.30. The van der Waals surface area contributed by atoms with Gasteiger partial charge in [-0.1, -0.05) is 0 Å². The summed E-state index contributed by atoms with van der Waals surface area (Å²) in [7, 11) is 0. The van der Waals surface area contributed by atoms with Crippen LogP contribution in [0.25, 0.3) is 11.2 Å². The van der Waals surface area contributed by atoms with Crippen molar-refractivity contribution in [3.05, 3.63) is 35.9 Å². The van der Waals surface area contributed by atoms with Crippen LogP contribution in [0.4, 0.5) is 30.6 Å². The van der Waals surface area contributed by atoms with E-state index in [1.807, 2.05) is 0 Å². The molecule has 3 N–H and O–H groups in total. The summed E-state index contributed by atoms with van der Waals surface area (Å²) < 4.78 is 47.7. The fourth-order valence-corrected chi connectivity index (χ4v) is 2.76. The number of nitrogen functional groups attached to an aromatic ring is 1. The summed E-state index contributed by atoms with van der Waals surface area (Å²) in [6, 6.07) is 1.15. The number of ether oxygens (including phenoxy) is 1. The summed E-state index contributed by atoms with van der Waals surface area (Å²) in [6.07, 6.45) is 3.03. The zero-order valence-electron chi connectivity index (χ0n) is 12.8. The Bertz CT molecular complexity index is 954. The molecule has 0 radical (unpaired) electrons. The van der Waals surface area contributed by atoms with Gasteiger partial charge in [-0.25, -0.2) is 18.2 Å². The van der Waals surface area contributed by atoms with Crippen LogP contribution in [0.1, 0.15) is 19.1 Å². The van der Waals surface area contributed by atoms with Crippen molar-refractivity contribution in [3.63, 3.8) is 0 Å². The van der Waals surface area contributed by atoms with Crippen LogP contribution in [0.15, 0.2) is 18.5 Å². The Morgan fingerprint density at radius 2 is 1.96 bits per heavy atom. The van der Waals surface area contributed by atoms with E-state index in [2.05, 4.69) is 20.3 Å². The molecule has 0 bridgehead atoms. The Morgan fingerprint density at radius 3 is 2.72 bits per heavy atom. The summed E-state index contributed by atoms with van der Waals surface area (Å²) in [6.45, 7) is 0.635. The first-order valence-corrected chi connectivity index (χ1v) is 7.56. The highest BCUT2D eigenvalue weighted by Gasteiger charge is 2.22. The maximum Gasteiger partial charge on any atom is 0.224 e. The molecule has 10 heteroatoms. The van der Waals surface area contributed by atoms with Crippen molar-refractivity contribution in [2.45, 2.75) is 19.1 Å². The Balaban J connectivity index is 1.78. The van der Waals surface area contributed by atoms with Crippen LogP contribution in [0.3, 0.4) is 0 Å². The predicted octanol–water partition coefficient (Wildman–Crippen LogP) is 2.88. The quantitative estimate of drug-likeness (QED) is 0.706. The molecule has 2 aromatic heterocycles. The summed E-state index contributed by atoms with van der Waals surface area (Å²) in [5.41, 5.74) is 6.16. The normalized spacial score (nSPS) is 17.3. The third-order valence-corrected chi connectivity index (χ3v) is 3.92. The number of aromatic nitrogens is 4. The summed E-state index contributed by atoms with van der Waals surface area (Å²) in [4.78, 5) is 12.4. The third-order valence-electron chi connectivity index (χ3n) is 3.92. The van der Waals surface area contributed by atoms with Crippen molar-refractivity contribution in [1.82, 2.24) is 19.5 Å². The maximum absolute atomic E-state index is 13.9. The second-order valence-electron chi connectivity index (χ2n) is 5.59. The summed E-state index contributed by atoms with van der Waals surface area (Å²) in [5.74, 6) is -3.42. The zero-order chi connectivity index (χ0) is 17.6. The van der Waals surface area contributed by atoms with Crippen molar-refractivity contribution in [2.24, 2.45) is 0 Å². The van der Waals surface area contributed by atoms with E-state index in [1.54, 1.807) is 4.57 Å². The fraction of sp³-hybridized carbons (Fsp3) is 0.267. The molecule has 1 aliphatic rings. The molecule has 4 rings (SSSR count). The van der Waals surface area contributed by atoms with Crippen LogP contribution < -0.4 is 11.1 Å². The van der Waals surface area contributed by atoms with E-state index in [1.165, 1.54) is 6.33 Å². The fourth-order valence-electron chi connectivity index (χ4n) is 2.76. The molecule has 7 nitrogen and oxygen atoms in total. The van der Waals surface area contributed by atoms with E-state index in [0.717, 1.165) is 12.8 Å². The Hall–Kier alpha value is -2.88. The SMILES string of the molecule is Nc1nc(Nc2cc(F)c(F)cc2F)c2ncn(C3CCCO3)c2n1. The number of fused-ring (bicyclic) bond motifs is 1. The van der Waals surface area contributed by atoms with Crippen LogP contribution in [-0.4, -0.2) is 26.1 Å². The van der Waals surface area contributed by atoms with E-state index >= 15 is 0 Å². The Kier molecular flexibility index (Phi) is 3.68. The highest BCUT2D eigenvalue weighted by atomic mass is 19.2. The number of hydrogen-bond donors (Lipinski definition) is 2. The smallest absolute Gasteiger partial charge is 0.224 e. The molecule has 0 amide bonds. The molecule has 1 saturated heterocycles. The van der Waals surface area contributed by atoms with Gasteiger partial charge in [-0.2, -0.15) is 9.97 Å². The number of halogens is 3. The van der Waals surface area contributed by atoms with Crippen molar-refractivity contribution in [2.75, 3.05) is 17.7 Å². The summed E-state index contributed by atoms with van der Waals surface area (Å²) in [5, 5.41) is 2.60. The standard InChI is InChI=1S/C15H13F3N6O/c16-7-4-9(18)10(5-8(7)17)21-13-12-14(23-15(19)22-13)24(6-20-12)11-2-1-3-25-11/h4-6,11H,1-3H2,(H3,19,21,22,23). The van der Waals surface area contributed by atoms with Crippen LogP contribution in [0, 0.1) is 17.5 Å². The number of anilines is 3. The van der Waals surface area contributed by atoms with E-state index in [4.69, 9.17) is 10.5 Å². The molecular formula is C15H13F3N6O. The first-order valence-electron chi connectivity index (χ1n) is 7.56. The largest absolute Gasteiger partial charge is 0.368 e. The molecule has 0 aliphatic carbocycles. The summed E-state index contributed by atoms with van der Waals surface area (Å²) >= 11 is 0. The molecule has 3 aromatic rings. The lowest BCUT2D eigenvalue weighted by molar-refractivity contribution is 0.0593. The number of benzene rings is 1. The molecule has 25 heavy (non-hydrogen) atoms. The highest BCUT2D eigenvalue weighted by molar-refractivity contribution is 5.86. The average Bonchev–Trinajstić information content (AvgIpc) is 3.21. The lowest BCUT2D eigenvalue weighted by Gasteiger charge is -2.12. The number of nitrogens with zero attached hydrogens (tertiary/aromatic N) is 4. The van der Waals surface area contributed by atoms with Gasteiger partial charge in [0.15, 0.2) is 28.6 Å². The van der Waals surface area contributed by atoms with E-state index < -0.39 is 17.5 Å². The van der Waals surface area contributed by atoms with Crippen LogP contribution >= 0.6 is 0 Å². The average molecular weight is 350 g/mol. The molecular weight excluding hydrogens is 337 g/mol. The first-order chi connectivity index (χ1) is 12.0. The van der Waals surface area contributed by atoms with E-state index in [9.17, 15) is 13.2 Å². The van der Waals surface area contributed by atoms with Gasteiger partial charge in [-0.15, -0.1) is 0 Å². The second kappa shape index (κ2) is 5.88. The number of rotatable bonds is 3. The minimum Gasteiger partial charge on any atom is -0.368 e. The number of nitrogens with two attached hydrogens (primary N) is 1. The van der Waals surface area contributed by atoms with E-state index in [-0.39, 0.29) is 23.7 Å². The van der Waals surface area contributed by atoms with Crippen LogP contribution in [0.5, 0.6) is 0 Å². The molecule has 1 unspecified atom stereocenters. The van der Waals surface area contributed by atoms with Crippen molar-refractivity contribution < 1.29 is 17.9 Å². The van der Waals surface area contributed by atoms with Crippen LogP contribution in [0.2, 0.25) is 0 Å². The molecule has 0 saturated carbocycles. The molecule has 1 aliphatic heterocycles. The maximum atomic E-state index is 13.9.